The molecule has 10 nitrogen and oxygen atoms in total. The highest BCUT2D eigenvalue weighted by Gasteiger charge is 2.32. The molecule has 1 saturated carbocycles. The summed E-state index contributed by atoms with van der Waals surface area (Å²) >= 11 is 0. The van der Waals surface area contributed by atoms with Gasteiger partial charge in [0.25, 0.3) is 0 Å². The van der Waals surface area contributed by atoms with Crippen molar-refractivity contribution in [3.63, 3.8) is 0 Å². The lowest BCUT2D eigenvalue weighted by Gasteiger charge is -2.30. The van der Waals surface area contributed by atoms with Crippen molar-refractivity contribution in [3.05, 3.63) is 59.7 Å². The molecule has 1 aliphatic heterocycles. The molecule has 1 heterocycles. The quantitative estimate of drug-likeness (QED) is 0.207. The number of aromatic hydroxyl groups is 4. The topological polar surface area (TPSA) is 165 Å². The van der Waals surface area contributed by atoms with E-state index in [1.165, 1.54) is 48.6 Å². The maximum atomic E-state index is 12.5. The zero-order valence-corrected chi connectivity index (χ0v) is 21.4. The molecule has 2 fully saturated rings. The van der Waals surface area contributed by atoms with Crippen molar-refractivity contribution in [3.8, 4) is 23.0 Å². The standard InChI is InChI=1S/C20H25NO5.C9H8O4/c22-17-8-6-14(12-18(17)23)7-9-19(24)26-16-5-3-4-15(13-16)20(25)21-10-1-2-11-21;10-7-3-1-6(5-8(7)11)2-4-9(12)13/h6-9,12,15-16,22-23H,1-5,10-11,13H2;1-5,10-11H,(H,12,13)/b9-7+;4-2+. The van der Waals surface area contributed by atoms with Gasteiger partial charge in [0.2, 0.25) is 5.91 Å². The van der Waals surface area contributed by atoms with Gasteiger partial charge in [-0.2, -0.15) is 0 Å². The molecule has 2 aromatic carbocycles. The number of phenolic OH excluding ortho intramolecular Hbond substituents is 4. The first kappa shape index (κ1) is 29.1. The van der Waals surface area contributed by atoms with E-state index < -0.39 is 11.9 Å². The normalized spacial score (nSPS) is 19.0. The van der Waals surface area contributed by atoms with Gasteiger partial charge in [0, 0.05) is 31.2 Å². The first-order chi connectivity index (χ1) is 18.6. The van der Waals surface area contributed by atoms with E-state index in [1.807, 2.05) is 4.90 Å². The molecule has 0 radical (unpaired) electrons. The number of likely N-dealkylation sites (tertiary alicyclic amines) is 1. The highest BCUT2D eigenvalue weighted by atomic mass is 16.5. The van der Waals surface area contributed by atoms with Crippen LogP contribution in [0.5, 0.6) is 23.0 Å². The largest absolute Gasteiger partial charge is 0.504 e. The molecular formula is C29H33NO9. The molecule has 1 aliphatic carbocycles. The van der Waals surface area contributed by atoms with E-state index in [0.717, 1.165) is 51.3 Å². The van der Waals surface area contributed by atoms with Crippen LogP contribution >= 0.6 is 0 Å². The first-order valence-electron chi connectivity index (χ1n) is 12.7. The summed E-state index contributed by atoms with van der Waals surface area (Å²) in [4.78, 5) is 36.6. The number of carbonyl (C=O) groups is 3. The molecule has 208 valence electrons. The van der Waals surface area contributed by atoms with Crippen molar-refractivity contribution in [1.82, 2.24) is 4.90 Å². The van der Waals surface area contributed by atoms with E-state index in [-0.39, 0.29) is 40.9 Å². The smallest absolute Gasteiger partial charge is 0.331 e. The molecule has 2 aromatic rings. The van der Waals surface area contributed by atoms with Crippen molar-refractivity contribution in [1.29, 1.82) is 0 Å². The highest BCUT2D eigenvalue weighted by molar-refractivity contribution is 5.87. The Balaban J connectivity index is 0.000000272. The number of hydrogen-bond acceptors (Lipinski definition) is 8. The predicted molar refractivity (Wildman–Crippen MR) is 143 cm³/mol. The van der Waals surface area contributed by atoms with Crippen LogP contribution in [0, 0.1) is 5.92 Å². The third-order valence-corrected chi connectivity index (χ3v) is 6.51. The number of carboxylic acids is 1. The number of phenols is 4. The Morgan fingerprint density at radius 2 is 1.33 bits per heavy atom. The van der Waals surface area contributed by atoms with Gasteiger partial charge in [0.15, 0.2) is 23.0 Å². The molecule has 39 heavy (non-hydrogen) atoms. The zero-order chi connectivity index (χ0) is 28.4. The maximum Gasteiger partial charge on any atom is 0.331 e. The second-order valence-electron chi connectivity index (χ2n) is 9.46. The summed E-state index contributed by atoms with van der Waals surface area (Å²) in [6.07, 6.45) is 10.2. The number of carboxylic acid groups (broad SMARTS) is 1. The van der Waals surface area contributed by atoms with Crippen LogP contribution in [0.25, 0.3) is 12.2 Å². The van der Waals surface area contributed by atoms with Crippen molar-refractivity contribution < 1.29 is 44.7 Å². The third-order valence-electron chi connectivity index (χ3n) is 6.51. The summed E-state index contributed by atoms with van der Waals surface area (Å²) in [6, 6.07) is 8.37. The lowest BCUT2D eigenvalue weighted by molar-refractivity contribution is -0.148. The average molecular weight is 540 g/mol. The molecule has 5 N–H and O–H groups in total. The van der Waals surface area contributed by atoms with Crippen LogP contribution in [0.2, 0.25) is 0 Å². The van der Waals surface area contributed by atoms with Gasteiger partial charge < -0.3 is 35.2 Å². The second kappa shape index (κ2) is 13.9. The Bertz CT molecular complexity index is 1230. The Morgan fingerprint density at radius 3 is 1.87 bits per heavy atom. The number of amides is 1. The summed E-state index contributed by atoms with van der Waals surface area (Å²) in [5.74, 6) is -2.31. The number of esters is 1. The van der Waals surface area contributed by atoms with Crippen molar-refractivity contribution in [2.45, 2.75) is 44.6 Å². The van der Waals surface area contributed by atoms with Gasteiger partial charge in [0.1, 0.15) is 6.10 Å². The minimum absolute atomic E-state index is 0.0438. The first-order valence-corrected chi connectivity index (χ1v) is 12.7. The molecule has 2 unspecified atom stereocenters. The lowest BCUT2D eigenvalue weighted by Crippen LogP contribution is -2.38. The molecule has 0 aromatic heterocycles. The number of nitrogens with zero attached hydrogens (tertiary/aromatic N) is 1. The Morgan fingerprint density at radius 1 is 0.769 bits per heavy atom. The van der Waals surface area contributed by atoms with E-state index >= 15 is 0 Å². The fraction of sp³-hybridized carbons (Fsp3) is 0.345. The third kappa shape index (κ3) is 9.10. The number of aliphatic carboxylic acids is 1. The fourth-order valence-electron chi connectivity index (χ4n) is 4.50. The Kier molecular flexibility index (Phi) is 10.4. The van der Waals surface area contributed by atoms with Crippen LogP contribution in [0.15, 0.2) is 48.6 Å². The second-order valence-corrected chi connectivity index (χ2v) is 9.46. The van der Waals surface area contributed by atoms with Gasteiger partial charge in [0.05, 0.1) is 0 Å². The maximum absolute atomic E-state index is 12.5. The molecule has 4 rings (SSSR count). The average Bonchev–Trinajstić information content (AvgIpc) is 3.45. The monoisotopic (exact) mass is 539 g/mol. The van der Waals surface area contributed by atoms with Crippen LogP contribution < -0.4 is 0 Å². The van der Waals surface area contributed by atoms with Crippen LogP contribution in [0.3, 0.4) is 0 Å². The summed E-state index contributed by atoms with van der Waals surface area (Å²) in [5.41, 5.74) is 1.10. The molecule has 1 amide bonds. The lowest BCUT2D eigenvalue weighted by atomic mass is 9.86. The molecule has 0 bridgehead atoms. The fourth-order valence-corrected chi connectivity index (χ4v) is 4.50. The SMILES string of the molecule is O=C(/C=C/c1ccc(O)c(O)c1)OC1CCCC(C(=O)N2CCCC2)C1.O=C(O)/C=C/c1ccc(O)c(O)c1. The number of rotatable bonds is 6. The Labute approximate surface area is 226 Å². The summed E-state index contributed by atoms with van der Waals surface area (Å²) < 4.78 is 5.50. The van der Waals surface area contributed by atoms with E-state index in [0.29, 0.717) is 17.5 Å². The highest BCUT2D eigenvalue weighted by Crippen LogP contribution is 2.30. The number of ether oxygens (including phenoxy) is 1. The summed E-state index contributed by atoms with van der Waals surface area (Å²) in [7, 11) is 0. The van der Waals surface area contributed by atoms with Crippen molar-refractivity contribution >= 4 is 30.0 Å². The van der Waals surface area contributed by atoms with Gasteiger partial charge in [-0.05, 0) is 86.1 Å². The van der Waals surface area contributed by atoms with Crippen LogP contribution in [-0.2, 0) is 19.1 Å². The molecule has 2 atom stereocenters. The van der Waals surface area contributed by atoms with Crippen LogP contribution in [0.4, 0.5) is 0 Å². The summed E-state index contributed by atoms with van der Waals surface area (Å²) in [5, 5.41) is 45.0. The summed E-state index contributed by atoms with van der Waals surface area (Å²) in [6.45, 7) is 1.70. The van der Waals surface area contributed by atoms with E-state index in [9.17, 15) is 24.6 Å². The predicted octanol–water partition coefficient (Wildman–Crippen LogP) is 4.03. The van der Waals surface area contributed by atoms with Crippen LogP contribution in [0.1, 0.15) is 49.7 Å². The van der Waals surface area contributed by atoms with Crippen molar-refractivity contribution in [2.75, 3.05) is 13.1 Å². The number of benzene rings is 2. The van der Waals surface area contributed by atoms with Gasteiger partial charge in [-0.25, -0.2) is 9.59 Å². The number of carbonyl (C=O) groups excluding carboxylic acids is 2. The minimum atomic E-state index is -1.06. The Hall–Kier alpha value is -4.47. The van der Waals surface area contributed by atoms with Gasteiger partial charge in [-0.15, -0.1) is 0 Å². The minimum Gasteiger partial charge on any atom is -0.504 e. The molecule has 2 aliphatic rings. The van der Waals surface area contributed by atoms with E-state index in [2.05, 4.69) is 0 Å². The molecular weight excluding hydrogens is 506 g/mol. The van der Waals surface area contributed by atoms with E-state index in [4.69, 9.17) is 20.1 Å². The number of hydrogen-bond donors (Lipinski definition) is 5. The van der Waals surface area contributed by atoms with Gasteiger partial charge in [-0.1, -0.05) is 12.1 Å². The molecule has 10 heteroatoms. The molecule has 1 saturated heterocycles. The molecule has 0 spiro atoms. The van der Waals surface area contributed by atoms with Crippen LogP contribution in [-0.4, -0.2) is 67.5 Å². The van der Waals surface area contributed by atoms with Gasteiger partial charge in [-0.3, -0.25) is 4.79 Å². The van der Waals surface area contributed by atoms with E-state index in [1.54, 1.807) is 6.07 Å². The zero-order valence-electron chi connectivity index (χ0n) is 21.4. The van der Waals surface area contributed by atoms with Crippen molar-refractivity contribution in [2.24, 2.45) is 5.92 Å². The van der Waals surface area contributed by atoms with Gasteiger partial charge >= 0.3 is 11.9 Å².